The van der Waals surface area contributed by atoms with Crippen molar-refractivity contribution in [2.45, 2.75) is 50.7 Å². The van der Waals surface area contributed by atoms with Gasteiger partial charge in [0.1, 0.15) is 0 Å². The summed E-state index contributed by atoms with van der Waals surface area (Å²) in [6, 6.07) is 0.629. The fourth-order valence-corrected chi connectivity index (χ4v) is 2.86. The van der Waals surface area contributed by atoms with E-state index in [1.54, 1.807) is 7.11 Å². The van der Waals surface area contributed by atoms with E-state index < -0.39 is 0 Å². The molecule has 0 radical (unpaired) electrons. The minimum atomic E-state index is 0.0262. The van der Waals surface area contributed by atoms with Crippen molar-refractivity contribution in [2.75, 3.05) is 26.9 Å². The van der Waals surface area contributed by atoms with Gasteiger partial charge < -0.3 is 14.8 Å². The monoisotopic (exact) mass is 227 g/mol. The topological polar surface area (TPSA) is 30.5 Å². The van der Waals surface area contributed by atoms with Gasteiger partial charge in [-0.1, -0.05) is 6.92 Å². The molecular formula is C13H25NO2. The van der Waals surface area contributed by atoms with Gasteiger partial charge in [0.15, 0.2) is 0 Å². The van der Waals surface area contributed by atoms with Gasteiger partial charge >= 0.3 is 0 Å². The average Bonchev–Trinajstić information content (AvgIpc) is 3.11. The van der Waals surface area contributed by atoms with Crippen molar-refractivity contribution in [1.29, 1.82) is 0 Å². The van der Waals surface area contributed by atoms with Gasteiger partial charge in [-0.15, -0.1) is 0 Å². The highest BCUT2D eigenvalue weighted by Crippen LogP contribution is 2.46. The van der Waals surface area contributed by atoms with E-state index in [1.807, 2.05) is 0 Å². The van der Waals surface area contributed by atoms with Crippen LogP contribution in [-0.2, 0) is 9.47 Å². The second kappa shape index (κ2) is 5.48. The summed E-state index contributed by atoms with van der Waals surface area (Å²) in [5.41, 5.74) is 0.0262. The van der Waals surface area contributed by atoms with Crippen molar-refractivity contribution in [2.24, 2.45) is 5.92 Å². The minimum absolute atomic E-state index is 0.0262. The Balaban J connectivity index is 1.91. The normalized spacial score (nSPS) is 35.2. The molecule has 0 aromatic rings. The lowest BCUT2D eigenvalue weighted by atomic mass is 9.86. The van der Waals surface area contributed by atoms with E-state index in [9.17, 15) is 0 Å². The molecule has 2 fully saturated rings. The highest BCUT2D eigenvalue weighted by molar-refractivity contribution is 5.00. The van der Waals surface area contributed by atoms with E-state index in [-0.39, 0.29) is 5.60 Å². The number of nitrogens with one attached hydrogen (secondary N) is 1. The predicted octanol–water partition coefficient (Wildman–Crippen LogP) is 1.96. The molecule has 0 amide bonds. The molecular weight excluding hydrogens is 202 g/mol. The van der Waals surface area contributed by atoms with E-state index in [1.165, 1.54) is 19.3 Å². The van der Waals surface area contributed by atoms with Crippen molar-refractivity contribution >= 4 is 0 Å². The quantitative estimate of drug-likeness (QED) is 0.752. The highest BCUT2D eigenvalue weighted by atomic mass is 16.5. The van der Waals surface area contributed by atoms with Crippen LogP contribution < -0.4 is 5.32 Å². The smallest absolute Gasteiger partial charge is 0.0957 e. The Morgan fingerprint density at radius 2 is 2.19 bits per heavy atom. The van der Waals surface area contributed by atoms with Crippen LogP contribution in [0.4, 0.5) is 0 Å². The van der Waals surface area contributed by atoms with E-state index in [4.69, 9.17) is 9.47 Å². The molecule has 2 atom stereocenters. The van der Waals surface area contributed by atoms with Crippen molar-refractivity contribution in [3.8, 4) is 0 Å². The number of hydrogen-bond donors (Lipinski definition) is 1. The minimum Gasteiger partial charge on any atom is -0.382 e. The molecule has 2 unspecified atom stereocenters. The van der Waals surface area contributed by atoms with Crippen molar-refractivity contribution in [1.82, 2.24) is 5.32 Å². The third-order valence-electron chi connectivity index (χ3n) is 3.84. The second-order valence-corrected chi connectivity index (χ2v) is 5.26. The van der Waals surface area contributed by atoms with Crippen LogP contribution in [0.5, 0.6) is 0 Å². The zero-order chi connectivity index (χ0) is 11.4. The Kier molecular flexibility index (Phi) is 4.22. The Labute approximate surface area is 98.9 Å². The molecule has 1 saturated heterocycles. The fraction of sp³-hybridized carbons (Fsp3) is 1.00. The molecule has 16 heavy (non-hydrogen) atoms. The molecule has 1 aliphatic heterocycles. The van der Waals surface area contributed by atoms with Gasteiger partial charge in [-0.2, -0.15) is 0 Å². The molecule has 1 aliphatic carbocycles. The number of ether oxygens (including phenoxy) is 2. The third kappa shape index (κ3) is 2.76. The Morgan fingerprint density at radius 1 is 1.38 bits per heavy atom. The maximum Gasteiger partial charge on any atom is 0.0957 e. The van der Waals surface area contributed by atoms with E-state index in [2.05, 4.69) is 12.2 Å². The van der Waals surface area contributed by atoms with Gasteiger partial charge in [-0.3, -0.25) is 0 Å². The van der Waals surface area contributed by atoms with Crippen LogP contribution in [0.2, 0.25) is 0 Å². The molecule has 1 saturated carbocycles. The van der Waals surface area contributed by atoms with Crippen LogP contribution in [0.25, 0.3) is 0 Å². The van der Waals surface area contributed by atoms with Gasteiger partial charge in [0.2, 0.25) is 0 Å². The molecule has 2 rings (SSSR count). The number of rotatable bonds is 6. The fourth-order valence-electron chi connectivity index (χ4n) is 2.86. The summed E-state index contributed by atoms with van der Waals surface area (Å²) in [7, 11) is 1.79. The van der Waals surface area contributed by atoms with Crippen LogP contribution >= 0.6 is 0 Å². The highest BCUT2D eigenvalue weighted by Gasteiger charge is 2.49. The molecule has 0 aromatic heterocycles. The Bertz CT molecular complexity index is 214. The van der Waals surface area contributed by atoms with Gasteiger partial charge in [0.05, 0.1) is 12.2 Å². The van der Waals surface area contributed by atoms with Gasteiger partial charge in [-0.25, -0.2) is 0 Å². The maximum absolute atomic E-state index is 6.08. The van der Waals surface area contributed by atoms with Crippen LogP contribution in [0, 0.1) is 5.92 Å². The van der Waals surface area contributed by atoms with Gasteiger partial charge in [0.25, 0.3) is 0 Å². The third-order valence-corrected chi connectivity index (χ3v) is 3.84. The first kappa shape index (κ1) is 12.3. The molecule has 1 N–H and O–H groups in total. The first-order valence-corrected chi connectivity index (χ1v) is 6.67. The first-order valence-electron chi connectivity index (χ1n) is 6.67. The molecule has 0 bridgehead atoms. The first-order chi connectivity index (χ1) is 7.80. The molecule has 2 aliphatic rings. The van der Waals surface area contributed by atoms with Crippen molar-refractivity contribution < 1.29 is 9.47 Å². The summed E-state index contributed by atoms with van der Waals surface area (Å²) in [4.78, 5) is 0. The number of hydrogen-bond acceptors (Lipinski definition) is 3. The summed E-state index contributed by atoms with van der Waals surface area (Å²) < 4.78 is 11.5. The van der Waals surface area contributed by atoms with Crippen LogP contribution in [0.1, 0.15) is 39.0 Å². The SMILES string of the molecule is CCCNC1CCOC(COC)(C2CC2)C1. The molecule has 1 heterocycles. The molecule has 0 aromatic carbocycles. The number of methoxy groups -OCH3 is 1. The summed E-state index contributed by atoms with van der Waals surface area (Å²) in [6.45, 7) is 5.00. The predicted molar refractivity (Wildman–Crippen MR) is 64.6 cm³/mol. The average molecular weight is 227 g/mol. The largest absolute Gasteiger partial charge is 0.382 e. The summed E-state index contributed by atoms with van der Waals surface area (Å²) in [6.07, 6.45) is 6.13. The molecule has 3 nitrogen and oxygen atoms in total. The zero-order valence-corrected chi connectivity index (χ0v) is 10.6. The standard InChI is InChI=1S/C13H25NO2/c1-3-7-14-12-6-8-16-13(9-12,10-15-2)11-4-5-11/h11-12,14H,3-10H2,1-2H3. The van der Waals surface area contributed by atoms with Crippen molar-refractivity contribution in [3.63, 3.8) is 0 Å². The van der Waals surface area contributed by atoms with Crippen molar-refractivity contribution in [3.05, 3.63) is 0 Å². The van der Waals surface area contributed by atoms with Crippen LogP contribution in [0.15, 0.2) is 0 Å². The second-order valence-electron chi connectivity index (χ2n) is 5.26. The van der Waals surface area contributed by atoms with Crippen LogP contribution in [-0.4, -0.2) is 38.5 Å². The summed E-state index contributed by atoms with van der Waals surface area (Å²) in [5.74, 6) is 0.749. The van der Waals surface area contributed by atoms with Gasteiger partial charge in [0, 0.05) is 19.8 Å². The van der Waals surface area contributed by atoms with Crippen LogP contribution in [0.3, 0.4) is 0 Å². The lowest BCUT2D eigenvalue weighted by molar-refractivity contribution is -0.136. The zero-order valence-electron chi connectivity index (χ0n) is 10.6. The van der Waals surface area contributed by atoms with E-state index >= 15 is 0 Å². The molecule has 0 spiro atoms. The van der Waals surface area contributed by atoms with E-state index in [0.717, 1.165) is 38.5 Å². The van der Waals surface area contributed by atoms with Gasteiger partial charge in [-0.05, 0) is 44.6 Å². The lowest BCUT2D eigenvalue weighted by Crippen LogP contribution is -2.51. The summed E-state index contributed by atoms with van der Waals surface area (Å²) in [5, 5.41) is 3.63. The summed E-state index contributed by atoms with van der Waals surface area (Å²) >= 11 is 0. The van der Waals surface area contributed by atoms with E-state index in [0.29, 0.717) is 6.04 Å². The molecule has 94 valence electrons. The lowest BCUT2D eigenvalue weighted by Gasteiger charge is -2.41. The maximum atomic E-state index is 6.08. The Morgan fingerprint density at radius 3 is 2.81 bits per heavy atom. The molecule has 3 heteroatoms. The Hall–Kier alpha value is -0.120.